The Kier molecular flexibility index (Phi) is 14.4. The Bertz CT molecular complexity index is 1100. The Hall–Kier alpha value is -3.55. The zero-order valence-corrected chi connectivity index (χ0v) is 26.3. The van der Waals surface area contributed by atoms with E-state index in [-0.39, 0.29) is 23.5 Å². The number of amides is 3. The van der Waals surface area contributed by atoms with Gasteiger partial charge in [0.05, 0.1) is 0 Å². The first kappa shape index (κ1) is 34.7. The minimum absolute atomic E-state index is 0.0697. The number of unbranched alkanes of at least 4 members (excludes halogenated alkanes) is 5. The summed E-state index contributed by atoms with van der Waals surface area (Å²) in [7, 11) is 0. The summed E-state index contributed by atoms with van der Waals surface area (Å²) in [4.78, 5) is 42.6. The summed E-state index contributed by atoms with van der Waals surface area (Å²) < 4.78 is 5.48. The van der Waals surface area contributed by atoms with E-state index in [0.29, 0.717) is 25.1 Å². The second kappa shape index (κ2) is 17.4. The molecule has 0 aliphatic rings. The van der Waals surface area contributed by atoms with E-state index in [1.165, 1.54) is 12.1 Å². The van der Waals surface area contributed by atoms with Crippen LogP contribution in [0.15, 0.2) is 54.6 Å². The van der Waals surface area contributed by atoms with Crippen molar-refractivity contribution >= 4 is 17.9 Å². The molecule has 0 aliphatic heterocycles. The van der Waals surface area contributed by atoms with Gasteiger partial charge in [-0.25, -0.2) is 4.79 Å². The maximum absolute atomic E-state index is 14.3. The summed E-state index contributed by atoms with van der Waals surface area (Å²) in [5, 5.41) is 15.8. The van der Waals surface area contributed by atoms with Crippen molar-refractivity contribution in [2.24, 2.45) is 5.92 Å². The summed E-state index contributed by atoms with van der Waals surface area (Å²) in [6, 6.07) is 14.1. The van der Waals surface area contributed by atoms with Gasteiger partial charge in [-0.1, -0.05) is 95.3 Å². The van der Waals surface area contributed by atoms with E-state index >= 15 is 0 Å². The third-order valence-electron chi connectivity index (χ3n) is 6.81. The molecule has 2 rings (SSSR count). The van der Waals surface area contributed by atoms with E-state index in [9.17, 15) is 19.5 Å². The second-order valence-corrected chi connectivity index (χ2v) is 12.3. The molecule has 0 saturated heterocycles. The number of aromatic hydroxyl groups is 1. The summed E-state index contributed by atoms with van der Waals surface area (Å²) >= 11 is 0. The summed E-state index contributed by atoms with van der Waals surface area (Å²) in [5.41, 5.74) is 0.797. The van der Waals surface area contributed by atoms with Gasteiger partial charge in [-0.3, -0.25) is 9.59 Å². The van der Waals surface area contributed by atoms with Gasteiger partial charge >= 0.3 is 6.09 Å². The van der Waals surface area contributed by atoms with Crippen molar-refractivity contribution in [3.63, 3.8) is 0 Å². The molecule has 2 atom stereocenters. The van der Waals surface area contributed by atoms with Crippen molar-refractivity contribution in [3.05, 3.63) is 65.7 Å². The standard InChI is InChI=1S/C34H51N3O5/c1-7-8-9-10-11-15-22-37(32(40)29(23-25(2)3)36-33(41)42-34(4,5)6)30(27-18-20-28(38)21-19-27)31(39)35-24-26-16-13-12-14-17-26/h12-14,16-21,25,29-30,38H,7-11,15,22-24H2,1-6H3,(H,35,39)(H,36,41). The molecule has 2 aromatic carbocycles. The Balaban J connectivity index is 2.44. The average Bonchev–Trinajstić information content (AvgIpc) is 2.92. The van der Waals surface area contributed by atoms with Gasteiger partial charge in [0.25, 0.3) is 0 Å². The molecule has 0 saturated carbocycles. The smallest absolute Gasteiger partial charge is 0.408 e. The number of alkyl carbamates (subject to hydrolysis) is 1. The van der Waals surface area contributed by atoms with E-state index < -0.39 is 23.8 Å². The number of benzene rings is 2. The fraction of sp³-hybridized carbons (Fsp3) is 0.559. The first-order chi connectivity index (χ1) is 19.9. The molecule has 8 nitrogen and oxygen atoms in total. The van der Waals surface area contributed by atoms with E-state index in [2.05, 4.69) is 17.6 Å². The summed E-state index contributed by atoms with van der Waals surface area (Å²) in [6.07, 6.45) is 5.84. The number of ether oxygens (including phenoxy) is 1. The normalized spacial score (nSPS) is 12.8. The van der Waals surface area contributed by atoms with E-state index in [1.54, 1.807) is 37.8 Å². The van der Waals surface area contributed by atoms with Crippen molar-refractivity contribution in [2.45, 2.75) is 111 Å². The largest absolute Gasteiger partial charge is 0.508 e. The van der Waals surface area contributed by atoms with Crippen LogP contribution in [0, 0.1) is 5.92 Å². The number of phenolic OH excluding ortho intramolecular Hbond substituents is 1. The Labute approximate surface area is 252 Å². The lowest BCUT2D eigenvalue weighted by molar-refractivity contribution is -0.143. The van der Waals surface area contributed by atoms with Crippen LogP contribution in [-0.4, -0.2) is 46.1 Å². The third kappa shape index (κ3) is 12.5. The molecule has 0 aliphatic carbocycles. The molecule has 232 valence electrons. The average molecular weight is 582 g/mol. The van der Waals surface area contributed by atoms with Gasteiger partial charge in [0.15, 0.2) is 0 Å². The summed E-state index contributed by atoms with van der Waals surface area (Å²) in [5.74, 6) is -0.496. The fourth-order valence-electron chi connectivity index (χ4n) is 4.78. The van der Waals surface area contributed by atoms with Crippen LogP contribution in [0.4, 0.5) is 4.79 Å². The van der Waals surface area contributed by atoms with Crippen LogP contribution in [0.1, 0.15) is 104 Å². The van der Waals surface area contributed by atoms with Crippen molar-refractivity contribution in [2.75, 3.05) is 6.54 Å². The number of rotatable bonds is 16. The number of carbonyl (C=O) groups is 3. The van der Waals surface area contributed by atoms with Gasteiger partial charge in [0.1, 0.15) is 23.4 Å². The van der Waals surface area contributed by atoms with Crippen molar-refractivity contribution in [1.29, 1.82) is 0 Å². The maximum atomic E-state index is 14.3. The highest BCUT2D eigenvalue weighted by Gasteiger charge is 2.36. The van der Waals surface area contributed by atoms with E-state index in [0.717, 1.165) is 44.1 Å². The molecule has 3 amide bonds. The highest BCUT2D eigenvalue weighted by molar-refractivity contribution is 5.92. The number of carbonyl (C=O) groups excluding carboxylic acids is 3. The third-order valence-corrected chi connectivity index (χ3v) is 6.81. The number of hydrogen-bond donors (Lipinski definition) is 3. The van der Waals surface area contributed by atoms with Gasteiger partial charge in [0.2, 0.25) is 11.8 Å². The molecular weight excluding hydrogens is 530 g/mol. The molecular formula is C34H51N3O5. The van der Waals surface area contributed by atoms with Crippen molar-refractivity contribution < 1.29 is 24.2 Å². The molecule has 8 heteroatoms. The lowest BCUT2D eigenvalue weighted by Crippen LogP contribution is -2.53. The Morgan fingerprint density at radius 1 is 0.905 bits per heavy atom. The number of nitrogens with one attached hydrogen (secondary N) is 2. The molecule has 0 aromatic heterocycles. The van der Waals surface area contributed by atoms with E-state index in [4.69, 9.17) is 4.74 Å². The van der Waals surface area contributed by atoms with Crippen LogP contribution in [0.3, 0.4) is 0 Å². The molecule has 0 fully saturated rings. The van der Waals surface area contributed by atoms with Gasteiger partial charge in [-0.2, -0.15) is 0 Å². The quantitative estimate of drug-likeness (QED) is 0.187. The first-order valence-corrected chi connectivity index (χ1v) is 15.3. The molecule has 2 aromatic rings. The zero-order chi connectivity index (χ0) is 31.1. The molecule has 0 bridgehead atoms. The van der Waals surface area contributed by atoms with Crippen LogP contribution in [0.25, 0.3) is 0 Å². The fourth-order valence-corrected chi connectivity index (χ4v) is 4.78. The second-order valence-electron chi connectivity index (χ2n) is 12.3. The highest BCUT2D eigenvalue weighted by atomic mass is 16.6. The monoisotopic (exact) mass is 581 g/mol. The number of hydrogen-bond acceptors (Lipinski definition) is 5. The van der Waals surface area contributed by atoms with Gasteiger partial charge < -0.3 is 25.4 Å². The Morgan fingerprint density at radius 3 is 2.12 bits per heavy atom. The van der Waals surface area contributed by atoms with E-state index in [1.807, 2.05) is 44.2 Å². The molecule has 0 spiro atoms. The lowest BCUT2D eigenvalue weighted by Gasteiger charge is -2.35. The summed E-state index contributed by atoms with van der Waals surface area (Å²) in [6.45, 7) is 12.1. The van der Waals surface area contributed by atoms with Gasteiger partial charge in [0, 0.05) is 13.1 Å². The van der Waals surface area contributed by atoms with Crippen LogP contribution in [0.5, 0.6) is 5.75 Å². The maximum Gasteiger partial charge on any atom is 0.408 e. The van der Waals surface area contributed by atoms with Crippen molar-refractivity contribution in [3.8, 4) is 5.75 Å². The molecule has 0 heterocycles. The van der Waals surface area contributed by atoms with Crippen LogP contribution in [-0.2, 0) is 20.9 Å². The number of nitrogens with zero attached hydrogens (tertiary/aromatic N) is 1. The minimum atomic E-state index is -0.951. The van der Waals surface area contributed by atoms with Crippen molar-refractivity contribution in [1.82, 2.24) is 15.5 Å². The molecule has 2 unspecified atom stereocenters. The van der Waals surface area contributed by atoms with Gasteiger partial charge in [-0.15, -0.1) is 0 Å². The molecule has 0 radical (unpaired) electrons. The lowest BCUT2D eigenvalue weighted by atomic mass is 9.98. The molecule has 3 N–H and O–H groups in total. The van der Waals surface area contributed by atoms with Gasteiger partial charge in [-0.05, 0) is 62.8 Å². The SMILES string of the molecule is CCCCCCCCN(C(=O)C(CC(C)C)NC(=O)OC(C)(C)C)C(C(=O)NCc1ccccc1)c1ccc(O)cc1. The van der Waals surface area contributed by atoms with Crippen LogP contribution < -0.4 is 10.6 Å². The Morgan fingerprint density at radius 2 is 1.52 bits per heavy atom. The predicted octanol–water partition coefficient (Wildman–Crippen LogP) is 6.88. The first-order valence-electron chi connectivity index (χ1n) is 15.3. The minimum Gasteiger partial charge on any atom is -0.508 e. The highest BCUT2D eigenvalue weighted by Crippen LogP contribution is 2.26. The van der Waals surface area contributed by atoms with Crippen LogP contribution in [0.2, 0.25) is 0 Å². The topological polar surface area (TPSA) is 108 Å². The predicted molar refractivity (Wildman–Crippen MR) is 167 cm³/mol. The van der Waals surface area contributed by atoms with Crippen LogP contribution >= 0.6 is 0 Å². The zero-order valence-electron chi connectivity index (χ0n) is 26.3. The molecule has 42 heavy (non-hydrogen) atoms. The number of phenols is 1.